The predicted octanol–water partition coefficient (Wildman–Crippen LogP) is 0.790. The zero-order valence-electron chi connectivity index (χ0n) is 10.3. The second-order valence-electron chi connectivity index (χ2n) is 4.39. The van der Waals surface area contributed by atoms with Crippen LogP contribution in [0.3, 0.4) is 0 Å². The van der Waals surface area contributed by atoms with Crippen LogP contribution in [0.25, 0.3) is 0 Å². The standard InChI is InChI=1S/C12H25NO3/c1-15-8-9-16-7-6-13-12-5-3-2-4-11(12)10-14/h11-14H,2-10H2,1H3. The van der Waals surface area contributed by atoms with E-state index in [1.165, 1.54) is 19.3 Å². The monoisotopic (exact) mass is 231 g/mol. The summed E-state index contributed by atoms with van der Waals surface area (Å²) in [4.78, 5) is 0. The van der Waals surface area contributed by atoms with Gasteiger partial charge in [-0.05, 0) is 18.8 Å². The first-order chi connectivity index (χ1) is 7.88. The van der Waals surface area contributed by atoms with E-state index < -0.39 is 0 Å². The van der Waals surface area contributed by atoms with Crippen molar-refractivity contribution in [3.63, 3.8) is 0 Å². The molecule has 1 saturated carbocycles. The van der Waals surface area contributed by atoms with Crippen LogP contribution in [-0.4, -0.2) is 51.2 Å². The van der Waals surface area contributed by atoms with E-state index in [-0.39, 0.29) is 0 Å². The zero-order chi connectivity index (χ0) is 11.6. The number of rotatable bonds is 8. The minimum absolute atomic E-state index is 0.308. The van der Waals surface area contributed by atoms with Gasteiger partial charge in [0.05, 0.1) is 19.8 Å². The average molecular weight is 231 g/mol. The first-order valence-corrected chi connectivity index (χ1v) is 6.29. The van der Waals surface area contributed by atoms with Crippen molar-refractivity contribution < 1.29 is 14.6 Å². The molecule has 0 aromatic heterocycles. The molecular weight excluding hydrogens is 206 g/mol. The van der Waals surface area contributed by atoms with Crippen molar-refractivity contribution in [1.29, 1.82) is 0 Å². The largest absolute Gasteiger partial charge is 0.396 e. The summed E-state index contributed by atoms with van der Waals surface area (Å²) in [6, 6.07) is 0.477. The topological polar surface area (TPSA) is 50.7 Å². The van der Waals surface area contributed by atoms with Crippen LogP contribution in [0.2, 0.25) is 0 Å². The van der Waals surface area contributed by atoms with E-state index in [0.717, 1.165) is 19.6 Å². The third kappa shape index (κ3) is 5.25. The summed E-state index contributed by atoms with van der Waals surface area (Å²) >= 11 is 0. The Hall–Kier alpha value is -0.160. The highest BCUT2D eigenvalue weighted by Crippen LogP contribution is 2.23. The number of aliphatic hydroxyl groups is 1. The van der Waals surface area contributed by atoms with E-state index in [0.29, 0.717) is 31.8 Å². The van der Waals surface area contributed by atoms with E-state index in [2.05, 4.69) is 5.32 Å². The molecule has 4 nitrogen and oxygen atoms in total. The number of hydrogen-bond acceptors (Lipinski definition) is 4. The highest BCUT2D eigenvalue weighted by atomic mass is 16.5. The fourth-order valence-corrected chi connectivity index (χ4v) is 2.26. The van der Waals surface area contributed by atoms with Gasteiger partial charge < -0.3 is 19.9 Å². The molecule has 0 amide bonds. The Bertz CT molecular complexity index is 166. The van der Waals surface area contributed by atoms with Crippen LogP contribution in [0.15, 0.2) is 0 Å². The third-order valence-corrected chi connectivity index (χ3v) is 3.23. The molecule has 1 aliphatic rings. The van der Waals surface area contributed by atoms with Crippen molar-refractivity contribution in [1.82, 2.24) is 5.32 Å². The van der Waals surface area contributed by atoms with Gasteiger partial charge in [0.15, 0.2) is 0 Å². The van der Waals surface area contributed by atoms with Gasteiger partial charge in [-0.25, -0.2) is 0 Å². The minimum atomic E-state index is 0.308. The third-order valence-electron chi connectivity index (χ3n) is 3.23. The molecule has 2 unspecified atom stereocenters. The van der Waals surface area contributed by atoms with Crippen molar-refractivity contribution in [3.05, 3.63) is 0 Å². The van der Waals surface area contributed by atoms with Gasteiger partial charge in [-0.1, -0.05) is 12.8 Å². The van der Waals surface area contributed by atoms with Crippen molar-refractivity contribution in [2.75, 3.05) is 40.1 Å². The van der Waals surface area contributed by atoms with Crippen molar-refractivity contribution in [3.8, 4) is 0 Å². The van der Waals surface area contributed by atoms with Crippen molar-refractivity contribution in [2.24, 2.45) is 5.92 Å². The zero-order valence-corrected chi connectivity index (χ0v) is 10.3. The summed E-state index contributed by atoms with van der Waals surface area (Å²) in [6.07, 6.45) is 4.87. The van der Waals surface area contributed by atoms with E-state index in [9.17, 15) is 5.11 Å². The number of aliphatic hydroxyl groups excluding tert-OH is 1. The van der Waals surface area contributed by atoms with E-state index in [4.69, 9.17) is 9.47 Å². The normalized spacial score (nSPS) is 25.9. The Morgan fingerprint density at radius 2 is 2.00 bits per heavy atom. The smallest absolute Gasteiger partial charge is 0.0700 e. The minimum Gasteiger partial charge on any atom is -0.396 e. The highest BCUT2D eigenvalue weighted by Gasteiger charge is 2.23. The SMILES string of the molecule is COCCOCCNC1CCCCC1CO. The Balaban J connectivity index is 2.02. The Morgan fingerprint density at radius 3 is 2.75 bits per heavy atom. The quantitative estimate of drug-likeness (QED) is 0.606. The maximum Gasteiger partial charge on any atom is 0.0700 e. The summed E-state index contributed by atoms with van der Waals surface area (Å²) in [7, 11) is 1.68. The molecule has 1 rings (SSSR count). The molecule has 16 heavy (non-hydrogen) atoms. The van der Waals surface area contributed by atoms with Gasteiger partial charge in [-0.3, -0.25) is 0 Å². The molecule has 0 aliphatic heterocycles. The Kier molecular flexibility index (Phi) is 7.76. The van der Waals surface area contributed by atoms with Gasteiger partial charge in [-0.2, -0.15) is 0 Å². The lowest BCUT2D eigenvalue weighted by molar-refractivity contribution is 0.0676. The van der Waals surface area contributed by atoms with Gasteiger partial charge in [0.1, 0.15) is 0 Å². The summed E-state index contributed by atoms with van der Waals surface area (Å²) in [5, 5.41) is 12.7. The van der Waals surface area contributed by atoms with Gasteiger partial charge in [0, 0.05) is 26.3 Å². The van der Waals surface area contributed by atoms with Gasteiger partial charge >= 0.3 is 0 Å². The van der Waals surface area contributed by atoms with Gasteiger partial charge in [0.25, 0.3) is 0 Å². The molecule has 2 atom stereocenters. The van der Waals surface area contributed by atoms with Crippen LogP contribution < -0.4 is 5.32 Å². The fraction of sp³-hybridized carbons (Fsp3) is 1.00. The lowest BCUT2D eigenvalue weighted by Gasteiger charge is -2.31. The van der Waals surface area contributed by atoms with Crippen LogP contribution >= 0.6 is 0 Å². The number of hydrogen-bond donors (Lipinski definition) is 2. The molecule has 1 aliphatic carbocycles. The predicted molar refractivity (Wildman–Crippen MR) is 63.5 cm³/mol. The highest BCUT2D eigenvalue weighted by molar-refractivity contribution is 4.80. The lowest BCUT2D eigenvalue weighted by Crippen LogP contribution is -2.41. The molecule has 0 heterocycles. The number of methoxy groups -OCH3 is 1. The Morgan fingerprint density at radius 1 is 1.19 bits per heavy atom. The molecule has 0 spiro atoms. The Labute approximate surface area is 98.3 Å². The second-order valence-corrected chi connectivity index (χ2v) is 4.39. The van der Waals surface area contributed by atoms with E-state index in [1.54, 1.807) is 7.11 Å². The van der Waals surface area contributed by atoms with Crippen LogP contribution in [-0.2, 0) is 9.47 Å². The number of nitrogens with one attached hydrogen (secondary N) is 1. The van der Waals surface area contributed by atoms with Crippen LogP contribution in [0.4, 0.5) is 0 Å². The molecule has 0 radical (unpaired) electrons. The van der Waals surface area contributed by atoms with Gasteiger partial charge in [0.2, 0.25) is 0 Å². The molecule has 1 fully saturated rings. The van der Waals surface area contributed by atoms with Crippen molar-refractivity contribution in [2.45, 2.75) is 31.7 Å². The molecule has 4 heteroatoms. The first kappa shape index (κ1) is 13.9. The first-order valence-electron chi connectivity index (χ1n) is 6.29. The van der Waals surface area contributed by atoms with E-state index >= 15 is 0 Å². The van der Waals surface area contributed by atoms with Crippen LogP contribution in [0.1, 0.15) is 25.7 Å². The van der Waals surface area contributed by atoms with Gasteiger partial charge in [-0.15, -0.1) is 0 Å². The summed E-state index contributed by atoms with van der Waals surface area (Å²) < 4.78 is 10.3. The molecule has 2 N–H and O–H groups in total. The molecule has 0 saturated heterocycles. The fourth-order valence-electron chi connectivity index (χ4n) is 2.26. The number of ether oxygens (including phenoxy) is 2. The lowest BCUT2D eigenvalue weighted by atomic mass is 9.85. The molecular formula is C12H25NO3. The molecule has 0 aromatic rings. The maximum absolute atomic E-state index is 9.25. The molecule has 0 bridgehead atoms. The molecule has 0 aromatic carbocycles. The van der Waals surface area contributed by atoms with Crippen LogP contribution in [0, 0.1) is 5.92 Å². The van der Waals surface area contributed by atoms with Crippen molar-refractivity contribution >= 4 is 0 Å². The average Bonchev–Trinajstić information content (AvgIpc) is 2.34. The summed E-state index contributed by atoms with van der Waals surface area (Å²) in [5.74, 6) is 0.438. The summed E-state index contributed by atoms with van der Waals surface area (Å²) in [6.45, 7) is 3.21. The molecule has 96 valence electrons. The summed E-state index contributed by atoms with van der Waals surface area (Å²) in [5.41, 5.74) is 0. The van der Waals surface area contributed by atoms with Crippen LogP contribution in [0.5, 0.6) is 0 Å². The van der Waals surface area contributed by atoms with E-state index in [1.807, 2.05) is 0 Å². The maximum atomic E-state index is 9.25. The second kappa shape index (κ2) is 8.93.